The number of aliphatic imine (C=N–C) groups is 1. The predicted molar refractivity (Wildman–Crippen MR) is 118 cm³/mol. The third-order valence-corrected chi connectivity index (χ3v) is 8.73. The number of hydrogen-bond acceptors (Lipinski definition) is 6. The molecule has 2 bridgehead atoms. The zero-order chi connectivity index (χ0) is 21.0. The fourth-order valence-corrected chi connectivity index (χ4v) is 6.52. The Labute approximate surface area is 185 Å². The van der Waals surface area contributed by atoms with Gasteiger partial charge in [-0.25, -0.2) is 0 Å². The molecule has 2 aromatic rings. The molecule has 30 heavy (non-hydrogen) atoms. The highest BCUT2D eigenvalue weighted by Crippen LogP contribution is 2.61. The van der Waals surface area contributed by atoms with Gasteiger partial charge < -0.3 is 9.73 Å². The third kappa shape index (κ3) is 3.36. The number of rotatable bonds is 4. The van der Waals surface area contributed by atoms with E-state index in [1.165, 1.54) is 18.2 Å². The van der Waals surface area contributed by atoms with Gasteiger partial charge in [0.1, 0.15) is 5.25 Å². The Kier molecular flexibility index (Phi) is 4.93. The molecule has 1 saturated heterocycles. The Morgan fingerprint density at radius 1 is 1.30 bits per heavy atom. The number of carbonyl (C=O) groups excluding carboxylic acids is 1. The molecule has 3 saturated carbocycles. The van der Waals surface area contributed by atoms with Crippen LogP contribution in [0.5, 0.6) is 0 Å². The SMILES string of the molecule is C[C@H]1[C@@H](N=C2NC(=O)C(Cc3nnc(-c4ccccc4Cl)o3)S2)C[C@@H]2C[C@@H]1C2(C)C. The van der Waals surface area contributed by atoms with Gasteiger partial charge in [0, 0.05) is 6.42 Å². The molecular weight excluding hydrogens is 420 g/mol. The number of amidine groups is 1. The molecule has 6 nitrogen and oxygen atoms in total. The van der Waals surface area contributed by atoms with E-state index in [2.05, 4.69) is 36.3 Å². The molecule has 4 fully saturated rings. The van der Waals surface area contributed by atoms with Crippen LogP contribution in [-0.4, -0.2) is 32.6 Å². The van der Waals surface area contributed by atoms with E-state index in [9.17, 15) is 4.79 Å². The molecule has 1 aromatic carbocycles. The smallest absolute Gasteiger partial charge is 0.249 e. The average Bonchev–Trinajstić information content (AvgIpc) is 3.30. The van der Waals surface area contributed by atoms with E-state index in [-0.39, 0.29) is 11.2 Å². The zero-order valence-electron chi connectivity index (χ0n) is 17.3. The van der Waals surface area contributed by atoms with E-state index in [0.29, 0.717) is 46.2 Å². The minimum atomic E-state index is -0.312. The van der Waals surface area contributed by atoms with Crippen LogP contribution in [0, 0.1) is 23.2 Å². The molecule has 0 radical (unpaired) electrons. The van der Waals surface area contributed by atoms with Gasteiger partial charge >= 0.3 is 0 Å². The predicted octanol–water partition coefficient (Wildman–Crippen LogP) is 4.59. The van der Waals surface area contributed by atoms with Crippen LogP contribution in [0.15, 0.2) is 33.7 Å². The number of benzene rings is 1. The first kappa shape index (κ1) is 20.1. The Hall–Kier alpha value is -1.86. The summed E-state index contributed by atoms with van der Waals surface area (Å²) in [5, 5.41) is 12.1. The van der Waals surface area contributed by atoms with Gasteiger partial charge in [-0.1, -0.05) is 56.3 Å². The Morgan fingerprint density at radius 2 is 2.10 bits per heavy atom. The monoisotopic (exact) mass is 444 g/mol. The molecule has 2 heterocycles. The summed E-state index contributed by atoms with van der Waals surface area (Å²) in [7, 11) is 0. The molecular formula is C22H25ClN4O2S. The van der Waals surface area contributed by atoms with Crippen molar-refractivity contribution in [3.8, 4) is 11.5 Å². The minimum absolute atomic E-state index is 0.0507. The second-order valence-corrected chi connectivity index (χ2v) is 10.8. The number of hydrogen-bond donors (Lipinski definition) is 1. The largest absolute Gasteiger partial charge is 0.421 e. The van der Waals surface area contributed by atoms with Gasteiger partial charge in [0.15, 0.2) is 5.17 Å². The van der Waals surface area contributed by atoms with Gasteiger partial charge in [0.2, 0.25) is 17.7 Å². The summed E-state index contributed by atoms with van der Waals surface area (Å²) in [4.78, 5) is 17.4. The maximum absolute atomic E-state index is 12.5. The summed E-state index contributed by atoms with van der Waals surface area (Å²) in [6, 6.07) is 7.62. The lowest BCUT2D eigenvalue weighted by molar-refractivity contribution is -0.118. The molecule has 4 aliphatic rings. The van der Waals surface area contributed by atoms with E-state index in [0.717, 1.165) is 23.4 Å². The number of fused-ring (bicyclic) bond motifs is 2. The van der Waals surface area contributed by atoms with E-state index in [1.54, 1.807) is 6.07 Å². The Balaban J connectivity index is 1.25. The lowest BCUT2D eigenvalue weighted by atomic mass is 9.45. The molecule has 1 aromatic heterocycles. The van der Waals surface area contributed by atoms with E-state index >= 15 is 0 Å². The van der Waals surface area contributed by atoms with Gasteiger partial charge in [-0.3, -0.25) is 9.79 Å². The van der Waals surface area contributed by atoms with Crippen LogP contribution in [0.3, 0.4) is 0 Å². The van der Waals surface area contributed by atoms with Crippen LogP contribution in [0.4, 0.5) is 0 Å². The molecule has 8 heteroatoms. The van der Waals surface area contributed by atoms with Gasteiger partial charge in [-0.05, 0) is 48.1 Å². The van der Waals surface area contributed by atoms with Crippen molar-refractivity contribution in [2.45, 2.75) is 51.3 Å². The summed E-state index contributed by atoms with van der Waals surface area (Å²) in [5.41, 5.74) is 1.12. The second-order valence-electron chi connectivity index (χ2n) is 9.24. The van der Waals surface area contributed by atoms with Gasteiger partial charge in [-0.2, -0.15) is 0 Å². The van der Waals surface area contributed by atoms with Crippen LogP contribution in [-0.2, 0) is 11.2 Å². The standard InChI is InChI=1S/C22H25ClN4O2S/c1-11-14-8-12(22(14,2)3)9-16(11)24-21-25-19(28)17(30-21)10-18-26-27-20(29-18)13-6-4-5-7-15(13)23/h4-7,11-12,14,16-17H,8-10H2,1-3H3,(H,24,25,28)/t11-,12+,14+,16+,17?/m1/s1. The summed E-state index contributed by atoms with van der Waals surface area (Å²) < 4.78 is 5.77. The molecule has 6 rings (SSSR count). The molecule has 1 unspecified atom stereocenters. The highest BCUT2D eigenvalue weighted by molar-refractivity contribution is 8.15. The first-order valence-electron chi connectivity index (χ1n) is 10.5. The van der Waals surface area contributed by atoms with Gasteiger partial charge in [0.25, 0.3) is 0 Å². The fraction of sp³-hybridized carbons (Fsp3) is 0.545. The molecule has 1 N–H and O–H groups in total. The number of thioether (sulfide) groups is 1. The van der Waals surface area contributed by atoms with Crippen LogP contribution < -0.4 is 5.32 Å². The first-order valence-corrected chi connectivity index (χ1v) is 11.7. The zero-order valence-corrected chi connectivity index (χ0v) is 18.8. The second kappa shape index (κ2) is 7.38. The van der Waals surface area contributed by atoms with E-state index in [1.807, 2.05) is 18.2 Å². The molecule has 1 aliphatic heterocycles. The first-order chi connectivity index (χ1) is 14.3. The van der Waals surface area contributed by atoms with Crippen molar-refractivity contribution in [1.82, 2.24) is 15.5 Å². The highest BCUT2D eigenvalue weighted by Gasteiger charge is 2.56. The Morgan fingerprint density at radius 3 is 2.83 bits per heavy atom. The molecule has 3 aliphatic carbocycles. The molecule has 5 atom stereocenters. The fourth-order valence-electron chi connectivity index (χ4n) is 5.28. The number of amides is 1. The highest BCUT2D eigenvalue weighted by atomic mass is 35.5. The molecule has 0 spiro atoms. The maximum Gasteiger partial charge on any atom is 0.249 e. The van der Waals surface area contributed by atoms with Crippen molar-refractivity contribution in [3.63, 3.8) is 0 Å². The Bertz CT molecular complexity index is 1020. The van der Waals surface area contributed by atoms with Crippen molar-refractivity contribution in [2.75, 3.05) is 0 Å². The third-order valence-electron chi connectivity index (χ3n) is 7.30. The van der Waals surface area contributed by atoms with Gasteiger partial charge in [0.05, 0.1) is 16.6 Å². The number of halogens is 1. The van der Waals surface area contributed by atoms with Crippen molar-refractivity contribution in [2.24, 2.45) is 28.2 Å². The number of aromatic nitrogens is 2. The summed E-state index contributed by atoms with van der Waals surface area (Å²) >= 11 is 7.67. The number of nitrogens with zero attached hydrogens (tertiary/aromatic N) is 3. The topological polar surface area (TPSA) is 80.4 Å². The normalized spacial score (nSPS) is 33.4. The molecule has 158 valence electrons. The quantitative estimate of drug-likeness (QED) is 0.745. The van der Waals surface area contributed by atoms with Crippen molar-refractivity contribution < 1.29 is 9.21 Å². The number of carbonyl (C=O) groups is 1. The van der Waals surface area contributed by atoms with E-state index in [4.69, 9.17) is 21.0 Å². The summed E-state index contributed by atoms with van der Waals surface area (Å²) in [5.74, 6) is 2.75. The van der Waals surface area contributed by atoms with Crippen LogP contribution >= 0.6 is 23.4 Å². The maximum atomic E-state index is 12.5. The molecule has 1 amide bonds. The average molecular weight is 445 g/mol. The lowest BCUT2D eigenvalue weighted by Crippen LogP contribution is -2.56. The van der Waals surface area contributed by atoms with Crippen LogP contribution in [0.1, 0.15) is 39.5 Å². The van der Waals surface area contributed by atoms with Crippen molar-refractivity contribution in [1.29, 1.82) is 0 Å². The van der Waals surface area contributed by atoms with Crippen LogP contribution in [0.2, 0.25) is 5.02 Å². The van der Waals surface area contributed by atoms with Crippen molar-refractivity contribution in [3.05, 3.63) is 35.2 Å². The summed E-state index contributed by atoms with van der Waals surface area (Å²) in [6.07, 6.45) is 2.80. The lowest BCUT2D eigenvalue weighted by Gasteiger charge is -2.61. The van der Waals surface area contributed by atoms with Gasteiger partial charge in [-0.15, -0.1) is 10.2 Å². The number of nitrogens with one attached hydrogen (secondary N) is 1. The summed E-state index contributed by atoms with van der Waals surface area (Å²) in [6.45, 7) is 7.08. The minimum Gasteiger partial charge on any atom is -0.421 e. The van der Waals surface area contributed by atoms with E-state index < -0.39 is 0 Å². The van der Waals surface area contributed by atoms with Crippen LogP contribution in [0.25, 0.3) is 11.5 Å². The van der Waals surface area contributed by atoms with Crippen molar-refractivity contribution >= 4 is 34.4 Å².